The first-order valence-electron chi connectivity index (χ1n) is 4.77. The molecule has 0 aliphatic heterocycles. The molecule has 0 saturated heterocycles. The zero-order chi connectivity index (χ0) is 11.0. The molecule has 0 radical (unpaired) electrons. The Labute approximate surface area is 83.4 Å². The van der Waals surface area contributed by atoms with Gasteiger partial charge >= 0.3 is 0 Å². The van der Waals surface area contributed by atoms with E-state index >= 15 is 0 Å². The van der Waals surface area contributed by atoms with Crippen LogP contribution in [-0.4, -0.2) is 43.9 Å². The van der Waals surface area contributed by atoms with Crippen molar-refractivity contribution in [2.45, 2.75) is 26.4 Å². The van der Waals surface area contributed by atoms with Gasteiger partial charge in [-0.2, -0.15) is 0 Å². The summed E-state index contributed by atoms with van der Waals surface area (Å²) in [6.45, 7) is 4.61. The molecule has 0 aliphatic carbocycles. The van der Waals surface area contributed by atoms with Crippen molar-refractivity contribution >= 4 is 0 Å². The molecule has 2 N–H and O–H groups in total. The highest BCUT2D eigenvalue weighted by atomic mass is 19.3. The maximum Gasteiger partial charge on any atom is 0.261 e. The molecule has 3 nitrogen and oxygen atoms in total. The van der Waals surface area contributed by atoms with Crippen LogP contribution in [0.5, 0.6) is 0 Å². The van der Waals surface area contributed by atoms with Gasteiger partial charge in [0.05, 0.1) is 12.7 Å². The lowest BCUT2D eigenvalue weighted by Gasteiger charge is -2.13. The minimum absolute atomic E-state index is 0.0462. The average Bonchev–Trinajstić information content (AvgIpc) is 2.02. The van der Waals surface area contributed by atoms with Crippen LogP contribution in [0.15, 0.2) is 0 Å². The minimum Gasteiger partial charge on any atom is -0.389 e. The van der Waals surface area contributed by atoms with Crippen molar-refractivity contribution in [1.82, 2.24) is 5.32 Å². The van der Waals surface area contributed by atoms with Crippen LogP contribution >= 0.6 is 0 Å². The van der Waals surface area contributed by atoms with Gasteiger partial charge in [-0.05, 0) is 12.5 Å². The smallest absolute Gasteiger partial charge is 0.261 e. The van der Waals surface area contributed by atoms with E-state index in [1.165, 1.54) is 0 Å². The van der Waals surface area contributed by atoms with Crippen LogP contribution in [0.2, 0.25) is 0 Å². The van der Waals surface area contributed by atoms with E-state index < -0.39 is 19.1 Å². The summed E-state index contributed by atoms with van der Waals surface area (Å²) in [4.78, 5) is 0. The first-order valence-corrected chi connectivity index (χ1v) is 4.77. The van der Waals surface area contributed by atoms with Crippen LogP contribution in [0.1, 0.15) is 13.8 Å². The zero-order valence-corrected chi connectivity index (χ0v) is 8.67. The number of alkyl halides is 2. The monoisotopic (exact) mass is 211 g/mol. The van der Waals surface area contributed by atoms with E-state index in [0.717, 1.165) is 6.54 Å². The fraction of sp³-hybridized carbons (Fsp3) is 1.00. The van der Waals surface area contributed by atoms with Crippen molar-refractivity contribution in [3.63, 3.8) is 0 Å². The lowest BCUT2D eigenvalue weighted by Crippen LogP contribution is -2.32. The van der Waals surface area contributed by atoms with Gasteiger partial charge in [-0.15, -0.1) is 0 Å². The van der Waals surface area contributed by atoms with Crippen molar-refractivity contribution in [1.29, 1.82) is 0 Å². The highest BCUT2D eigenvalue weighted by molar-refractivity contribution is 4.59. The van der Waals surface area contributed by atoms with Crippen LogP contribution in [-0.2, 0) is 4.74 Å². The molecule has 0 aromatic heterocycles. The predicted molar refractivity (Wildman–Crippen MR) is 50.5 cm³/mol. The summed E-state index contributed by atoms with van der Waals surface area (Å²) < 4.78 is 27.8. The normalized spacial score (nSPS) is 13.9. The van der Waals surface area contributed by atoms with Crippen molar-refractivity contribution in [3.05, 3.63) is 0 Å². The molecule has 0 amide bonds. The molecule has 0 aromatic rings. The van der Waals surface area contributed by atoms with Gasteiger partial charge in [0.25, 0.3) is 6.43 Å². The van der Waals surface area contributed by atoms with Crippen molar-refractivity contribution in [2.75, 3.05) is 26.3 Å². The van der Waals surface area contributed by atoms with Gasteiger partial charge in [0.1, 0.15) is 6.61 Å². The van der Waals surface area contributed by atoms with Crippen molar-refractivity contribution in [2.24, 2.45) is 5.92 Å². The van der Waals surface area contributed by atoms with Crippen LogP contribution in [0, 0.1) is 5.92 Å². The Morgan fingerprint density at radius 1 is 1.21 bits per heavy atom. The van der Waals surface area contributed by atoms with Crippen LogP contribution < -0.4 is 5.32 Å². The Hall–Kier alpha value is -0.260. The number of hydrogen-bond donors (Lipinski definition) is 2. The van der Waals surface area contributed by atoms with E-state index in [9.17, 15) is 13.9 Å². The molecule has 0 aliphatic rings. The summed E-state index contributed by atoms with van der Waals surface area (Å²) in [5.41, 5.74) is 0. The lowest BCUT2D eigenvalue weighted by atomic mass is 10.2. The van der Waals surface area contributed by atoms with Gasteiger partial charge in [0.2, 0.25) is 0 Å². The van der Waals surface area contributed by atoms with Gasteiger partial charge in [-0.3, -0.25) is 0 Å². The minimum atomic E-state index is -2.47. The molecule has 0 bridgehead atoms. The summed E-state index contributed by atoms with van der Waals surface area (Å²) in [5, 5.41) is 12.2. The molecule has 5 heteroatoms. The molecule has 0 rings (SSSR count). The third kappa shape index (κ3) is 9.83. The topological polar surface area (TPSA) is 41.5 Å². The van der Waals surface area contributed by atoms with Gasteiger partial charge in [0, 0.05) is 6.54 Å². The molecule has 14 heavy (non-hydrogen) atoms. The molecule has 1 unspecified atom stereocenters. The number of aliphatic hydroxyl groups excluding tert-OH is 1. The Balaban J connectivity index is 3.23. The van der Waals surface area contributed by atoms with E-state index in [2.05, 4.69) is 10.1 Å². The maximum atomic E-state index is 11.6. The Morgan fingerprint density at radius 2 is 1.86 bits per heavy atom. The van der Waals surface area contributed by atoms with Gasteiger partial charge < -0.3 is 15.2 Å². The number of rotatable bonds is 8. The number of hydrogen-bond acceptors (Lipinski definition) is 3. The Morgan fingerprint density at radius 3 is 2.36 bits per heavy atom. The summed E-state index contributed by atoms with van der Waals surface area (Å²) in [5.74, 6) is 0.504. The lowest BCUT2D eigenvalue weighted by molar-refractivity contribution is -0.0192. The fourth-order valence-electron chi connectivity index (χ4n) is 0.891. The van der Waals surface area contributed by atoms with Crippen LogP contribution in [0.3, 0.4) is 0 Å². The first-order chi connectivity index (χ1) is 6.52. The van der Waals surface area contributed by atoms with Gasteiger partial charge in [-0.25, -0.2) is 8.78 Å². The van der Waals surface area contributed by atoms with E-state index in [1.807, 2.05) is 13.8 Å². The van der Waals surface area contributed by atoms with Gasteiger partial charge in [-0.1, -0.05) is 13.8 Å². The largest absolute Gasteiger partial charge is 0.389 e. The highest BCUT2D eigenvalue weighted by Crippen LogP contribution is 1.94. The molecule has 86 valence electrons. The summed E-state index contributed by atoms with van der Waals surface area (Å²) >= 11 is 0. The fourth-order valence-corrected chi connectivity index (χ4v) is 0.891. The molecular formula is C9H19F2NO2. The molecule has 0 saturated carbocycles. The highest BCUT2D eigenvalue weighted by Gasteiger charge is 2.07. The standard InChI is InChI=1S/C9H19F2NO2/c1-7(2)3-12-4-8(13)5-14-6-9(10)11/h7-9,12-13H,3-6H2,1-2H3. The molecular weight excluding hydrogens is 192 g/mol. The van der Waals surface area contributed by atoms with Gasteiger partial charge in [0.15, 0.2) is 0 Å². The average molecular weight is 211 g/mol. The van der Waals surface area contributed by atoms with E-state index in [-0.39, 0.29) is 6.61 Å². The molecule has 0 fully saturated rings. The first kappa shape index (κ1) is 13.7. The van der Waals surface area contributed by atoms with Crippen LogP contribution in [0.4, 0.5) is 8.78 Å². The molecule has 0 heterocycles. The maximum absolute atomic E-state index is 11.6. The second-order valence-corrected chi connectivity index (χ2v) is 3.63. The number of nitrogens with one attached hydrogen (secondary N) is 1. The van der Waals surface area contributed by atoms with E-state index in [0.29, 0.717) is 12.5 Å². The SMILES string of the molecule is CC(C)CNCC(O)COCC(F)F. The summed E-state index contributed by atoms with van der Waals surface area (Å²) in [6.07, 6.45) is -3.18. The second kappa shape index (κ2) is 8.08. The van der Waals surface area contributed by atoms with Crippen molar-refractivity contribution in [3.8, 4) is 0 Å². The predicted octanol–water partition coefficient (Wildman–Crippen LogP) is 0.875. The molecule has 0 aromatic carbocycles. The summed E-state index contributed by atoms with van der Waals surface area (Å²) in [6, 6.07) is 0. The second-order valence-electron chi connectivity index (χ2n) is 3.63. The van der Waals surface area contributed by atoms with E-state index in [1.54, 1.807) is 0 Å². The Kier molecular flexibility index (Phi) is 7.93. The molecule has 1 atom stereocenters. The summed E-state index contributed by atoms with van der Waals surface area (Å²) in [7, 11) is 0. The Bertz CT molecular complexity index is 120. The third-order valence-corrected chi connectivity index (χ3v) is 1.49. The van der Waals surface area contributed by atoms with Crippen LogP contribution in [0.25, 0.3) is 0 Å². The number of ether oxygens (including phenoxy) is 1. The quantitative estimate of drug-likeness (QED) is 0.626. The third-order valence-electron chi connectivity index (χ3n) is 1.49. The number of halogens is 2. The number of aliphatic hydroxyl groups is 1. The van der Waals surface area contributed by atoms with E-state index in [4.69, 9.17) is 0 Å². The van der Waals surface area contributed by atoms with Crippen molar-refractivity contribution < 1.29 is 18.6 Å². The molecule has 0 spiro atoms. The zero-order valence-electron chi connectivity index (χ0n) is 8.67.